The number of benzene rings is 1. The zero-order chi connectivity index (χ0) is 19.8. The molecule has 1 aromatic carbocycles. The van der Waals surface area contributed by atoms with E-state index < -0.39 is 0 Å². The molecule has 0 aliphatic heterocycles. The molecule has 4 rings (SSSR count). The minimum absolute atomic E-state index is 0.284. The van der Waals surface area contributed by atoms with Gasteiger partial charge in [-0.05, 0) is 56.7 Å². The van der Waals surface area contributed by atoms with E-state index in [2.05, 4.69) is 5.32 Å². The minimum Gasteiger partial charge on any atom is -0.462 e. The molecule has 0 saturated heterocycles. The maximum Gasteiger partial charge on any atom is 0.341 e. The Hall–Kier alpha value is -1.89. The highest BCUT2D eigenvalue weighted by atomic mass is 35.5. The summed E-state index contributed by atoms with van der Waals surface area (Å²) in [5.41, 5.74) is 2.67. The minimum atomic E-state index is -0.365. The number of anilines is 1. The molecule has 0 atom stereocenters. The van der Waals surface area contributed by atoms with Gasteiger partial charge in [-0.3, -0.25) is 4.79 Å². The Morgan fingerprint density at radius 3 is 2.79 bits per heavy atom. The highest BCUT2D eigenvalue weighted by molar-refractivity contribution is 7.22. The maximum absolute atomic E-state index is 13.0. The number of hydrogen-bond donors (Lipinski definition) is 1. The smallest absolute Gasteiger partial charge is 0.341 e. The van der Waals surface area contributed by atoms with Crippen molar-refractivity contribution in [2.24, 2.45) is 0 Å². The Morgan fingerprint density at radius 2 is 2.00 bits per heavy atom. The second-order valence-corrected chi connectivity index (χ2v) is 9.37. The van der Waals surface area contributed by atoms with E-state index in [0.29, 0.717) is 27.1 Å². The third-order valence-corrected chi connectivity index (χ3v) is 7.73. The standard InChI is InChI=1S/C21H20ClNO3S2/c1-3-26-21(25)16-12-6-4-5-7-14(12)28-20(16)23-19(24)18-17(22)13-9-8-11(2)10-15(13)27-18/h8-10H,3-7H2,1-2H3,(H,23,24). The number of esters is 1. The number of thiophene rings is 2. The van der Waals surface area contributed by atoms with Gasteiger partial charge in [0.05, 0.1) is 17.2 Å². The van der Waals surface area contributed by atoms with Crippen LogP contribution in [-0.4, -0.2) is 18.5 Å². The van der Waals surface area contributed by atoms with Gasteiger partial charge in [0.25, 0.3) is 5.91 Å². The number of amides is 1. The van der Waals surface area contributed by atoms with Crippen LogP contribution < -0.4 is 5.32 Å². The molecule has 28 heavy (non-hydrogen) atoms. The number of nitrogens with one attached hydrogen (secondary N) is 1. The lowest BCUT2D eigenvalue weighted by Gasteiger charge is -2.12. The summed E-state index contributed by atoms with van der Waals surface area (Å²) in [5, 5.41) is 4.84. The fraction of sp³-hybridized carbons (Fsp3) is 0.333. The summed E-state index contributed by atoms with van der Waals surface area (Å²) < 4.78 is 6.24. The van der Waals surface area contributed by atoms with Crippen LogP contribution >= 0.6 is 34.3 Å². The van der Waals surface area contributed by atoms with Crippen LogP contribution in [0.1, 0.15) is 55.8 Å². The van der Waals surface area contributed by atoms with E-state index in [0.717, 1.165) is 46.9 Å². The number of ether oxygens (including phenoxy) is 1. The topological polar surface area (TPSA) is 55.4 Å². The summed E-state index contributed by atoms with van der Waals surface area (Å²) in [6.45, 7) is 4.10. The summed E-state index contributed by atoms with van der Waals surface area (Å²) in [7, 11) is 0. The van der Waals surface area contributed by atoms with Crippen molar-refractivity contribution < 1.29 is 14.3 Å². The third-order valence-electron chi connectivity index (χ3n) is 4.87. The molecule has 3 aromatic rings. The molecule has 146 valence electrons. The van der Waals surface area contributed by atoms with Gasteiger partial charge in [0.1, 0.15) is 9.88 Å². The highest BCUT2D eigenvalue weighted by Crippen LogP contribution is 2.40. The molecule has 1 N–H and O–H groups in total. The molecule has 1 aliphatic carbocycles. The molecule has 7 heteroatoms. The predicted molar refractivity (Wildman–Crippen MR) is 116 cm³/mol. The zero-order valence-corrected chi connectivity index (χ0v) is 18.1. The average Bonchev–Trinajstić information content (AvgIpc) is 3.19. The maximum atomic E-state index is 13.0. The number of halogens is 1. The molecule has 1 amide bonds. The van der Waals surface area contributed by atoms with Crippen LogP contribution in [0.15, 0.2) is 18.2 Å². The summed E-state index contributed by atoms with van der Waals surface area (Å²) in [5.74, 6) is -0.650. The Bertz CT molecular complexity index is 1080. The normalized spacial score (nSPS) is 13.4. The van der Waals surface area contributed by atoms with Crippen molar-refractivity contribution in [2.75, 3.05) is 11.9 Å². The van der Waals surface area contributed by atoms with Crippen molar-refractivity contribution in [3.63, 3.8) is 0 Å². The van der Waals surface area contributed by atoms with Crippen molar-refractivity contribution >= 4 is 61.2 Å². The fourth-order valence-corrected chi connectivity index (χ4v) is 6.33. The molecule has 4 nitrogen and oxygen atoms in total. The van der Waals surface area contributed by atoms with Gasteiger partial charge in [-0.25, -0.2) is 4.79 Å². The quantitative estimate of drug-likeness (QED) is 0.496. The summed E-state index contributed by atoms with van der Waals surface area (Å²) in [6, 6.07) is 5.94. The summed E-state index contributed by atoms with van der Waals surface area (Å²) in [4.78, 5) is 27.2. The van der Waals surface area contributed by atoms with Gasteiger partial charge in [0.2, 0.25) is 0 Å². The Kier molecular flexibility index (Phi) is 5.45. The van der Waals surface area contributed by atoms with Gasteiger partial charge in [-0.2, -0.15) is 0 Å². The predicted octanol–water partition coefficient (Wildman–Crippen LogP) is 6.23. The third kappa shape index (κ3) is 3.45. The Morgan fingerprint density at radius 1 is 1.21 bits per heavy atom. The van der Waals surface area contributed by atoms with E-state index in [1.54, 1.807) is 6.92 Å². The van der Waals surface area contributed by atoms with Crippen LogP contribution in [0.4, 0.5) is 5.00 Å². The van der Waals surface area contributed by atoms with Crippen LogP contribution in [0.25, 0.3) is 10.1 Å². The van der Waals surface area contributed by atoms with E-state index in [4.69, 9.17) is 16.3 Å². The number of rotatable bonds is 4. The molecule has 0 saturated carbocycles. The van der Waals surface area contributed by atoms with Gasteiger partial charge in [0, 0.05) is 15.0 Å². The zero-order valence-electron chi connectivity index (χ0n) is 15.7. The van der Waals surface area contributed by atoms with Gasteiger partial charge < -0.3 is 10.1 Å². The molecular weight excluding hydrogens is 414 g/mol. The molecule has 0 unspecified atom stereocenters. The number of carbonyl (C=O) groups excluding carboxylic acids is 2. The first kappa shape index (κ1) is 19.4. The second kappa shape index (κ2) is 7.85. The fourth-order valence-electron chi connectivity index (χ4n) is 3.55. The van der Waals surface area contributed by atoms with Gasteiger partial charge >= 0.3 is 5.97 Å². The lowest BCUT2D eigenvalue weighted by atomic mass is 9.95. The lowest BCUT2D eigenvalue weighted by Crippen LogP contribution is -2.15. The van der Waals surface area contributed by atoms with E-state index in [1.165, 1.54) is 27.6 Å². The number of carbonyl (C=O) groups is 2. The lowest BCUT2D eigenvalue weighted by molar-refractivity contribution is 0.0526. The van der Waals surface area contributed by atoms with Crippen LogP contribution in [-0.2, 0) is 17.6 Å². The molecule has 2 aromatic heterocycles. The first-order valence-electron chi connectivity index (χ1n) is 9.31. The van der Waals surface area contributed by atoms with Crippen LogP contribution in [0.2, 0.25) is 5.02 Å². The van der Waals surface area contributed by atoms with Crippen molar-refractivity contribution in [2.45, 2.75) is 39.5 Å². The molecular formula is C21H20ClNO3S2. The monoisotopic (exact) mass is 433 g/mol. The van der Waals surface area contributed by atoms with Crippen LogP contribution in [0.5, 0.6) is 0 Å². The largest absolute Gasteiger partial charge is 0.462 e. The van der Waals surface area contributed by atoms with E-state index in [-0.39, 0.29) is 11.9 Å². The number of fused-ring (bicyclic) bond motifs is 2. The molecule has 0 spiro atoms. The molecule has 2 heterocycles. The number of aryl methyl sites for hydroxylation is 2. The average molecular weight is 434 g/mol. The molecule has 1 aliphatic rings. The van der Waals surface area contributed by atoms with E-state index in [1.807, 2.05) is 25.1 Å². The Balaban J connectivity index is 1.71. The first-order chi connectivity index (χ1) is 13.5. The van der Waals surface area contributed by atoms with E-state index in [9.17, 15) is 9.59 Å². The molecule has 0 bridgehead atoms. The Labute approximate surface area is 176 Å². The summed E-state index contributed by atoms with van der Waals surface area (Å²) >= 11 is 9.34. The van der Waals surface area contributed by atoms with Gasteiger partial charge in [-0.1, -0.05) is 23.7 Å². The van der Waals surface area contributed by atoms with Crippen molar-refractivity contribution in [1.82, 2.24) is 0 Å². The van der Waals surface area contributed by atoms with Crippen molar-refractivity contribution in [3.8, 4) is 0 Å². The number of hydrogen-bond acceptors (Lipinski definition) is 5. The van der Waals surface area contributed by atoms with Gasteiger partial charge in [-0.15, -0.1) is 22.7 Å². The van der Waals surface area contributed by atoms with E-state index >= 15 is 0 Å². The second-order valence-electron chi connectivity index (χ2n) is 6.83. The molecule has 0 radical (unpaired) electrons. The highest BCUT2D eigenvalue weighted by Gasteiger charge is 2.28. The SMILES string of the molecule is CCOC(=O)c1c(NC(=O)c2sc3cc(C)ccc3c2Cl)sc2c1CCCC2. The van der Waals surface area contributed by atoms with Gasteiger partial charge in [0.15, 0.2) is 0 Å². The van der Waals surface area contributed by atoms with Crippen LogP contribution in [0.3, 0.4) is 0 Å². The van der Waals surface area contributed by atoms with Crippen molar-refractivity contribution in [3.05, 3.63) is 49.7 Å². The first-order valence-corrected chi connectivity index (χ1v) is 11.3. The van der Waals surface area contributed by atoms with Crippen LogP contribution in [0, 0.1) is 6.92 Å². The summed E-state index contributed by atoms with van der Waals surface area (Å²) in [6.07, 6.45) is 3.93. The molecule has 0 fully saturated rings. The van der Waals surface area contributed by atoms with Crippen molar-refractivity contribution in [1.29, 1.82) is 0 Å².